The Balaban J connectivity index is 2.38. The van der Waals surface area contributed by atoms with Crippen molar-refractivity contribution in [3.63, 3.8) is 0 Å². The Morgan fingerprint density at radius 3 is 2.87 bits per heavy atom. The van der Waals surface area contributed by atoms with Gasteiger partial charge in [-0.1, -0.05) is 15.9 Å². The lowest BCUT2D eigenvalue weighted by molar-refractivity contribution is 0.408. The number of rotatable bonds is 2. The van der Waals surface area contributed by atoms with Crippen molar-refractivity contribution < 1.29 is 4.74 Å². The number of hydrogen-bond acceptors (Lipinski definition) is 2. The highest BCUT2D eigenvalue weighted by atomic mass is 79.9. The van der Waals surface area contributed by atoms with E-state index in [1.54, 1.807) is 7.11 Å². The summed E-state index contributed by atoms with van der Waals surface area (Å²) in [6.07, 6.45) is 0.927. The maximum atomic E-state index is 9.03. The van der Waals surface area contributed by atoms with E-state index in [4.69, 9.17) is 10.00 Å². The first-order valence-electron chi connectivity index (χ1n) is 4.85. The zero-order valence-corrected chi connectivity index (χ0v) is 10.3. The molecule has 2 unspecified atom stereocenters. The molecule has 78 valence electrons. The van der Waals surface area contributed by atoms with Crippen LogP contribution in [0.15, 0.2) is 22.7 Å². The van der Waals surface area contributed by atoms with Gasteiger partial charge in [-0.05, 0) is 37.1 Å². The van der Waals surface area contributed by atoms with E-state index in [-0.39, 0.29) is 5.41 Å². The van der Waals surface area contributed by atoms with E-state index in [1.807, 2.05) is 25.1 Å². The van der Waals surface area contributed by atoms with Crippen LogP contribution in [-0.4, -0.2) is 7.11 Å². The molecule has 0 heterocycles. The molecule has 0 spiro atoms. The number of nitriles is 1. The van der Waals surface area contributed by atoms with Crippen LogP contribution in [-0.2, 0) is 0 Å². The summed E-state index contributed by atoms with van der Waals surface area (Å²) in [6, 6.07) is 8.30. The second-order valence-electron chi connectivity index (χ2n) is 4.17. The number of methoxy groups -OCH3 is 1. The lowest BCUT2D eigenvalue weighted by atomic mass is 10.0. The quantitative estimate of drug-likeness (QED) is 0.821. The van der Waals surface area contributed by atoms with Crippen LogP contribution in [0.4, 0.5) is 0 Å². The maximum Gasteiger partial charge on any atom is 0.122 e. The Morgan fingerprint density at radius 1 is 1.60 bits per heavy atom. The Labute approximate surface area is 98.0 Å². The molecule has 1 aliphatic rings. The molecule has 0 aromatic heterocycles. The second kappa shape index (κ2) is 3.53. The molecule has 0 amide bonds. The zero-order chi connectivity index (χ0) is 11.1. The average molecular weight is 266 g/mol. The van der Waals surface area contributed by atoms with Crippen LogP contribution in [0.5, 0.6) is 5.75 Å². The van der Waals surface area contributed by atoms with Gasteiger partial charge < -0.3 is 4.74 Å². The summed E-state index contributed by atoms with van der Waals surface area (Å²) in [5, 5.41) is 9.03. The first-order chi connectivity index (χ1) is 7.10. The van der Waals surface area contributed by atoms with Gasteiger partial charge in [-0.3, -0.25) is 0 Å². The van der Waals surface area contributed by atoms with Crippen molar-refractivity contribution in [2.75, 3.05) is 7.11 Å². The van der Waals surface area contributed by atoms with E-state index in [9.17, 15) is 0 Å². The monoisotopic (exact) mass is 265 g/mol. The predicted octanol–water partition coefficient (Wildman–Crippen LogP) is 3.47. The van der Waals surface area contributed by atoms with Crippen LogP contribution < -0.4 is 4.74 Å². The van der Waals surface area contributed by atoms with Crippen molar-refractivity contribution in [2.45, 2.75) is 19.3 Å². The van der Waals surface area contributed by atoms with Gasteiger partial charge in [0.05, 0.1) is 18.6 Å². The fourth-order valence-corrected chi connectivity index (χ4v) is 2.30. The van der Waals surface area contributed by atoms with Crippen molar-refractivity contribution in [3.05, 3.63) is 28.2 Å². The first-order valence-corrected chi connectivity index (χ1v) is 5.65. The van der Waals surface area contributed by atoms with Gasteiger partial charge in [-0.2, -0.15) is 5.26 Å². The fourth-order valence-electron chi connectivity index (χ4n) is 1.92. The van der Waals surface area contributed by atoms with E-state index in [2.05, 4.69) is 22.0 Å². The van der Waals surface area contributed by atoms with Crippen molar-refractivity contribution >= 4 is 15.9 Å². The largest absolute Gasteiger partial charge is 0.496 e. The van der Waals surface area contributed by atoms with E-state index < -0.39 is 0 Å². The smallest absolute Gasteiger partial charge is 0.122 e. The van der Waals surface area contributed by atoms with Crippen molar-refractivity contribution in [2.24, 2.45) is 5.41 Å². The third kappa shape index (κ3) is 1.74. The molecule has 1 saturated carbocycles. The SMILES string of the molecule is COc1ccc(Br)cc1C1CC1(C)C#N. The fraction of sp³-hybridized carbons (Fsp3) is 0.417. The molecule has 0 bridgehead atoms. The van der Waals surface area contributed by atoms with Crippen molar-refractivity contribution in [1.29, 1.82) is 5.26 Å². The minimum Gasteiger partial charge on any atom is -0.496 e. The normalized spacial score (nSPS) is 28.3. The molecule has 1 aliphatic carbocycles. The van der Waals surface area contributed by atoms with Gasteiger partial charge in [0.15, 0.2) is 0 Å². The Kier molecular flexibility index (Phi) is 2.47. The topological polar surface area (TPSA) is 33.0 Å². The molecular weight excluding hydrogens is 254 g/mol. The van der Waals surface area contributed by atoms with Crippen LogP contribution >= 0.6 is 15.9 Å². The average Bonchev–Trinajstić information content (AvgIpc) is 2.92. The maximum absolute atomic E-state index is 9.03. The summed E-state index contributed by atoms with van der Waals surface area (Å²) in [5.41, 5.74) is 0.935. The molecular formula is C12H12BrNO. The third-order valence-corrected chi connectivity index (χ3v) is 3.55. The van der Waals surface area contributed by atoms with E-state index in [0.717, 1.165) is 22.2 Å². The minimum absolute atomic E-state index is 0.200. The van der Waals surface area contributed by atoms with Crippen LogP contribution in [0.1, 0.15) is 24.8 Å². The van der Waals surface area contributed by atoms with Crippen LogP contribution in [0.3, 0.4) is 0 Å². The van der Waals surface area contributed by atoms with E-state index in [1.165, 1.54) is 0 Å². The molecule has 0 radical (unpaired) electrons. The highest BCUT2D eigenvalue weighted by Crippen LogP contribution is 2.60. The molecule has 2 nitrogen and oxygen atoms in total. The second-order valence-corrected chi connectivity index (χ2v) is 5.09. The Morgan fingerprint density at radius 2 is 2.33 bits per heavy atom. The van der Waals surface area contributed by atoms with Crippen molar-refractivity contribution in [1.82, 2.24) is 0 Å². The number of halogens is 1. The number of nitrogens with zero attached hydrogens (tertiary/aromatic N) is 1. The van der Waals surface area contributed by atoms with Gasteiger partial charge in [-0.15, -0.1) is 0 Å². The van der Waals surface area contributed by atoms with Crippen LogP contribution in [0, 0.1) is 16.7 Å². The van der Waals surface area contributed by atoms with Gasteiger partial charge in [0.25, 0.3) is 0 Å². The summed E-state index contributed by atoms with van der Waals surface area (Å²) in [4.78, 5) is 0. The third-order valence-electron chi connectivity index (χ3n) is 3.06. The minimum atomic E-state index is -0.200. The summed E-state index contributed by atoms with van der Waals surface area (Å²) < 4.78 is 6.34. The molecule has 15 heavy (non-hydrogen) atoms. The van der Waals surface area contributed by atoms with Crippen LogP contribution in [0.2, 0.25) is 0 Å². The first kappa shape index (κ1) is 10.5. The highest BCUT2D eigenvalue weighted by molar-refractivity contribution is 9.10. The number of ether oxygens (including phenoxy) is 1. The molecule has 0 N–H and O–H groups in total. The predicted molar refractivity (Wildman–Crippen MR) is 61.8 cm³/mol. The summed E-state index contributed by atoms with van der Waals surface area (Å²) >= 11 is 3.44. The molecule has 0 saturated heterocycles. The van der Waals surface area contributed by atoms with Gasteiger partial charge in [-0.25, -0.2) is 0 Å². The molecule has 0 aliphatic heterocycles. The molecule has 1 aromatic carbocycles. The lowest BCUT2D eigenvalue weighted by Gasteiger charge is -2.09. The van der Waals surface area contributed by atoms with Gasteiger partial charge in [0.2, 0.25) is 0 Å². The number of benzene rings is 1. The lowest BCUT2D eigenvalue weighted by Crippen LogP contribution is -1.96. The van der Waals surface area contributed by atoms with E-state index >= 15 is 0 Å². The summed E-state index contributed by atoms with van der Waals surface area (Å²) in [5.74, 6) is 1.19. The van der Waals surface area contributed by atoms with Gasteiger partial charge in [0, 0.05) is 10.4 Å². The van der Waals surface area contributed by atoms with E-state index in [0.29, 0.717) is 5.92 Å². The zero-order valence-electron chi connectivity index (χ0n) is 8.75. The molecule has 3 heteroatoms. The Hall–Kier alpha value is -1.01. The molecule has 2 atom stereocenters. The van der Waals surface area contributed by atoms with Gasteiger partial charge >= 0.3 is 0 Å². The molecule has 1 fully saturated rings. The van der Waals surface area contributed by atoms with Crippen LogP contribution in [0.25, 0.3) is 0 Å². The molecule has 2 rings (SSSR count). The van der Waals surface area contributed by atoms with Crippen molar-refractivity contribution in [3.8, 4) is 11.8 Å². The summed E-state index contributed by atoms with van der Waals surface area (Å²) in [7, 11) is 1.67. The highest BCUT2D eigenvalue weighted by Gasteiger charge is 2.52. The number of hydrogen-bond donors (Lipinski definition) is 0. The molecule has 1 aromatic rings. The summed E-state index contributed by atoms with van der Waals surface area (Å²) in [6.45, 7) is 2.00. The Bertz CT molecular complexity index is 438. The standard InChI is InChI=1S/C12H12BrNO/c1-12(7-14)6-10(12)9-5-8(13)3-4-11(9)15-2/h3-5,10H,6H2,1-2H3. The van der Waals surface area contributed by atoms with Gasteiger partial charge in [0.1, 0.15) is 5.75 Å².